The fourth-order valence-electron chi connectivity index (χ4n) is 1.03. The minimum atomic E-state index is 0.464. The molecule has 1 aromatic rings. The van der Waals surface area contributed by atoms with Crippen LogP contribution in [-0.2, 0) is 0 Å². The van der Waals surface area contributed by atoms with Crippen molar-refractivity contribution in [2.24, 2.45) is 11.7 Å². The van der Waals surface area contributed by atoms with Gasteiger partial charge in [0, 0.05) is 6.54 Å². The molecule has 1 aromatic heterocycles. The first-order chi connectivity index (χ1) is 6.63. The van der Waals surface area contributed by atoms with Crippen LogP contribution in [-0.4, -0.2) is 18.1 Å². The molecule has 0 radical (unpaired) electrons. The Morgan fingerprint density at radius 1 is 1.64 bits per heavy atom. The molecule has 0 amide bonds. The van der Waals surface area contributed by atoms with Gasteiger partial charge in [0.15, 0.2) is 0 Å². The number of aryl methyl sites for hydroxylation is 1. The van der Waals surface area contributed by atoms with Gasteiger partial charge in [0.2, 0.25) is 0 Å². The number of rotatable bonds is 4. The van der Waals surface area contributed by atoms with Crippen LogP contribution in [0.4, 0.5) is 5.69 Å². The number of halogens is 1. The second-order valence-electron chi connectivity index (χ2n) is 3.55. The monoisotopic (exact) mass is 213 g/mol. The van der Waals surface area contributed by atoms with Crippen LogP contribution >= 0.6 is 11.6 Å². The van der Waals surface area contributed by atoms with Crippen molar-refractivity contribution in [2.75, 3.05) is 18.4 Å². The summed E-state index contributed by atoms with van der Waals surface area (Å²) in [7, 11) is 0. The molecular weight excluding hydrogens is 198 g/mol. The summed E-state index contributed by atoms with van der Waals surface area (Å²) in [5.74, 6) is 0.464. The van der Waals surface area contributed by atoms with Crippen molar-refractivity contribution in [2.45, 2.75) is 13.8 Å². The Kier molecular flexibility index (Phi) is 4.17. The highest BCUT2D eigenvalue weighted by Crippen LogP contribution is 2.16. The van der Waals surface area contributed by atoms with Crippen molar-refractivity contribution in [1.82, 2.24) is 4.98 Å². The molecule has 0 aromatic carbocycles. The maximum absolute atomic E-state index is 5.81. The van der Waals surface area contributed by atoms with Crippen LogP contribution in [0, 0.1) is 12.8 Å². The average Bonchev–Trinajstić information content (AvgIpc) is 2.19. The predicted molar refractivity (Wildman–Crippen MR) is 60.7 cm³/mol. The Morgan fingerprint density at radius 2 is 2.36 bits per heavy atom. The van der Waals surface area contributed by atoms with Crippen molar-refractivity contribution < 1.29 is 0 Å². The largest absolute Gasteiger partial charge is 0.383 e. The number of nitrogens with one attached hydrogen (secondary N) is 1. The van der Waals surface area contributed by atoms with E-state index in [1.807, 2.05) is 13.0 Å². The van der Waals surface area contributed by atoms with E-state index in [9.17, 15) is 0 Å². The molecule has 3 nitrogen and oxygen atoms in total. The van der Waals surface area contributed by atoms with Gasteiger partial charge >= 0.3 is 0 Å². The van der Waals surface area contributed by atoms with E-state index in [0.29, 0.717) is 17.6 Å². The van der Waals surface area contributed by atoms with E-state index in [4.69, 9.17) is 17.3 Å². The Bertz CT molecular complexity index is 301. The van der Waals surface area contributed by atoms with Crippen LogP contribution in [0.15, 0.2) is 12.3 Å². The third kappa shape index (κ3) is 3.16. The van der Waals surface area contributed by atoms with Crippen molar-refractivity contribution >= 4 is 17.3 Å². The van der Waals surface area contributed by atoms with Crippen LogP contribution < -0.4 is 11.1 Å². The van der Waals surface area contributed by atoms with Gasteiger partial charge in [-0.05, 0) is 31.0 Å². The highest BCUT2D eigenvalue weighted by atomic mass is 35.5. The van der Waals surface area contributed by atoms with Crippen LogP contribution in [0.25, 0.3) is 0 Å². The van der Waals surface area contributed by atoms with Crippen LogP contribution in [0.5, 0.6) is 0 Å². The van der Waals surface area contributed by atoms with Crippen molar-refractivity contribution in [1.29, 1.82) is 0 Å². The summed E-state index contributed by atoms with van der Waals surface area (Å²) >= 11 is 5.81. The Hall–Kier alpha value is -0.800. The van der Waals surface area contributed by atoms with Gasteiger partial charge in [-0.2, -0.15) is 0 Å². The topological polar surface area (TPSA) is 50.9 Å². The molecule has 0 saturated carbocycles. The van der Waals surface area contributed by atoms with E-state index in [2.05, 4.69) is 17.2 Å². The zero-order valence-electron chi connectivity index (χ0n) is 8.55. The molecule has 1 heterocycles. The molecule has 0 aliphatic carbocycles. The fourth-order valence-corrected chi connectivity index (χ4v) is 1.13. The number of anilines is 1. The van der Waals surface area contributed by atoms with E-state index in [1.54, 1.807) is 6.20 Å². The molecule has 1 atom stereocenters. The smallest absolute Gasteiger partial charge is 0.132 e. The molecule has 78 valence electrons. The molecule has 0 aliphatic rings. The van der Waals surface area contributed by atoms with Crippen molar-refractivity contribution in [3.05, 3.63) is 23.0 Å². The maximum Gasteiger partial charge on any atom is 0.132 e. The highest BCUT2D eigenvalue weighted by molar-refractivity contribution is 6.30. The Labute approximate surface area is 89.7 Å². The lowest BCUT2D eigenvalue weighted by molar-refractivity contribution is 0.628. The summed E-state index contributed by atoms with van der Waals surface area (Å²) in [4.78, 5) is 4.05. The molecule has 14 heavy (non-hydrogen) atoms. The first-order valence-corrected chi connectivity index (χ1v) is 5.07. The van der Waals surface area contributed by atoms with Crippen molar-refractivity contribution in [3.63, 3.8) is 0 Å². The summed E-state index contributed by atoms with van der Waals surface area (Å²) in [6.07, 6.45) is 1.73. The minimum Gasteiger partial charge on any atom is -0.383 e. The molecule has 0 bridgehead atoms. The molecule has 0 spiro atoms. The zero-order chi connectivity index (χ0) is 10.6. The van der Waals surface area contributed by atoms with E-state index in [0.717, 1.165) is 17.8 Å². The number of nitrogens with two attached hydrogens (primary N) is 1. The number of nitrogens with zero attached hydrogens (tertiary/aromatic N) is 1. The Morgan fingerprint density at radius 3 is 2.93 bits per heavy atom. The normalized spacial score (nSPS) is 12.6. The lowest BCUT2D eigenvalue weighted by atomic mass is 10.2. The molecular formula is C10H16ClN3. The second kappa shape index (κ2) is 5.17. The van der Waals surface area contributed by atoms with Gasteiger partial charge in [-0.3, -0.25) is 0 Å². The predicted octanol–water partition coefficient (Wildman–Crippen LogP) is 2.05. The van der Waals surface area contributed by atoms with Gasteiger partial charge in [-0.25, -0.2) is 4.98 Å². The number of aromatic nitrogens is 1. The zero-order valence-corrected chi connectivity index (χ0v) is 9.30. The van der Waals surface area contributed by atoms with Gasteiger partial charge < -0.3 is 11.1 Å². The summed E-state index contributed by atoms with van der Waals surface area (Å²) in [6, 6.07) is 1.98. The average molecular weight is 214 g/mol. The van der Waals surface area contributed by atoms with Crippen molar-refractivity contribution in [3.8, 4) is 0 Å². The van der Waals surface area contributed by atoms with Crippen LogP contribution in [0.1, 0.15) is 12.5 Å². The molecule has 1 rings (SSSR count). The molecule has 1 unspecified atom stereocenters. The van der Waals surface area contributed by atoms with E-state index in [1.165, 1.54) is 0 Å². The molecule has 0 fully saturated rings. The lowest BCUT2D eigenvalue weighted by Gasteiger charge is -2.11. The number of hydrogen-bond donors (Lipinski definition) is 2. The van der Waals surface area contributed by atoms with Crippen LogP contribution in [0.2, 0.25) is 5.15 Å². The minimum absolute atomic E-state index is 0.464. The fraction of sp³-hybridized carbons (Fsp3) is 0.500. The number of hydrogen-bond acceptors (Lipinski definition) is 3. The van der Waals surface area contributed by atoms with E-state index in [-0.39, 0.29) is 0 Å². The SMILES string of the molecule is Cc1cc(NCC(C)CN)cnc1Cl. The van der Waals surface area contributed by atoms with E-state index < -0.39 is 0 Å². The third-order valence-electron chi connectivity index (χ3n) is 2.07. The molecule has 4 heteroatoms. The maximum atomic E-state index is 5.81. The van der Waals surface area contributed by atoms with Gasteiger partial charge in [0.25, 0.3) is 0 Å². The summed E-state index contributed by atoms with van der Waals surface area (Å²) in [5.41, 5.74) is 7.49. The molecule has 0 aliphatic heterocycles. The summed E-state index contributed by atoms with van der Waals surface area (Å²) in [5, 5.41) is 3.82. The van der Waals surface area contributed by atoms with E-state index >= 15 is 0 Å². The first-order valence-electron chi connectivity index (χ1n) is 4.69. The highest BCUT2D eigenvalue weighted by Gasteiger charge is 2.01. The van der Waals surface area contributed by atoms with Gasteiger partial charge in [-0.1, -0.05) is 18.5 Å². The summed E-state index contributed by atoms with van der Waals surface area (Å²) < 4.78 is 0. The third-order valence-corrected chi connectivity index (χ3v) is 2.47. The first kappa shape index (κ1) is 11.3. The van der Waals surface area contributed by atoms with Gasteiger partial charge in [0.1, 0.15) is 5.15 Å². The molecule has 3 N–H and O–H groups in total. The Balaban J connectivity index is 2.55. The summed E-state index contributed by atoms with van der Waals surface area (Å²) in [6.45, 7) is 5.59. The van der Waals surface area contributed by atoms with Crippen LogP contribution in [0.3, 0.4) is 0 Å². The second-order valence-corrected chi connectivity index (χ2v) is 3.91. The van der Waals surface area contributed by atoms with Gasteiger partial charge in [-0.15, -0.1) is 0 Å². The van der Waals surface area contributed by atoms with Gasteiger partial charge in [0.05, 0.1) is 11.9 Å². The molecule has 0 saturated heterocycles. The lowest BCUT2D eigenvalue weighted by Crippen LogP contribution is -2.19. The standard InChI is InChI=1S/C10H16ClN3/c1-7(4-12)5-13-9-3-8(2)10(11)14-6-9/h3,6-7,13H,4-5,12H2,1-2H3. The quantitative estimate of drug-likeness (QED) is 0.753. The number of pyridine rings is 1.